The minimum Gasteiger partial charge on any atom is -0.307 e. The Balaban J connectivity index is 1.91. The fraction of sp³-hybridized carbons (Fsp3) is 0.583. The summed E-state index contributed by atoms with van der Waals surface area (Å²) in [4.78, 5) is 4.19. The van der Waals surface area contributed by atoms with Gasteiger partial charge in [-0.2, -0.15) is 0 Å². The van der Waals surface area contributed by atoms with Gasteiger partial charge in [-0.15, -0.1) is 0 Å². The van der Waals surface area contributed by atoms with Crippen LogP contribution in [0.2, 0.25) is 0 Å². The van der Waals surface area contributed by atoms with Crippen molar-refractivity contribution in [1.29, 1.82) is 0 Å². The molecular weight excluding hydrogens is 172 g/mol. The second-order valence-electron chi connectivity index (χ2n) is 4.64. The van der Waals surface area contributed by atoms with E-state index in [-0.39, 0.29) is 0 Å². The van der Waals surface area contributed by atoms with Crippen molar-refractivity contribution in [1.82, 2.24) is 10.3 Å². The molecule has 1 aliphatic rings. The summed E-state index contributed by atoms with van der Waals surface area (Å²) in [6, 6.07) is 2.20. The van der Waals surface area contributed by atoms with E-state index in [0.29, 0.717) is 5.54 Å². The molecule has 0 saturated heterocycles. The molecule has 0 aromatic carbocycles. The highest BCUT2D eigenvalue weighted by Crippen LogP contribution is 2.31. The zero-order valence-electron chi connectivity index (χ0n) is 9.01. The highest BCUT2D eigenvalue weighted by molar-refractivity contribution is 5.16. The first-order valence-electron chi connectivity index (χ1n) is 5.34. The van der Waals surface area contributed by atoms with Gasteiger partial charge < -0.3 is 5.32 Å². The van der Waals surface area contributed by atoms with Crippen LogP contribution < -0.4 is 5.32 Å². The van der Waals surface area contributed by atoms with Crippen LogP contribution in [-0.4, -0.2) is 10.5 Å². The predicted molar refractivity (Wildman–Crippen MR) is 58.1 cm³/mol. The highest BCUT2D eigenvalue weighted by atomic mass is 15.0. The molecule has 2 rings (SSSR count). The number of nitrogens with one attached hydrogen (secondary N) is 1. The van der Waals surface area contributed by atoms with Crippen molar-refractivity contribution in [3.8, 4) is 0 Å². The molecular formula is C12H18N2. The van der Waals surface area contributed by atoms with Gasteiger partial charge in [-0.05, 0) is 44.2 Å². The van der Waals surface area contributed by atoms with Crippen LogP contribution in [0, 0.1) is 6.92 Å². The van der Waals surface area contributed by atoms with Crippen LogP contribution in [-0.2, 0) is 6.54 Å². The molecule has 1 heterocycles. The lowest BCUT2D eigenvalue weighted by Gasteiger charge is -2.39. The van der Waals surface area contributed by atoms with Crippen LogP contribution in [0.25, 0.3) is 0 Å². The summed E-state index contributed by atoms with van der Waals surface area (Å²) < 4.78 is 0. The van der Waals surface area contributed by atoms with Gasteiger partial charge in [0.1, 0.15) is 0 Å². The molecule has 1 aromatic heterocycles. The summed E-state index contributed by atoms with van der Waals surface area (Å²) in [6.07, 6.45) is 7.84. The average Bonchev–Trinajstić information content (AvgIpc) is 2.12. The number of rotatable bonds is 3. The minimum absolute atomic E-state index is 0.393. The molecule has 0 radical (unpaired) electrons. The van der Waals surface area contributed by atoms with Crippen LogP contribution in [0.5, 0.6) is 0 Å². The van der Waals surface area contributed by atoms with Crippen LogP contribution in [0.1, 0.15) is 37.3 Å². The third-order valence-corrected chi connectivity index (χ3v) is 3.11. The van der Waals surface area contributed by atoms with Gasteiger partial charge in [0, 0.05) is 24.5 Å². The van der Waals surface area contributed by atoms with Crippen molar-refractivity contribution >= 4 is 0 Å². The van der Waals surface area contributed by atoms with E-state index in [0.717, 1.165) is 6.54 Å². The number of nitrogens with zero attached hydrogens (tertiary/aromatic N) is 1. The molecule has 1 fully saturated rings. The smallest absolute Gasteiger partial charge is 0.0313 e. The maximum absolute atomic E-state index is 4.19. The summed E-state index contributed by atoms with van der Waals surface area (Å²) in [7, 11) is 0. The molecule has 2 heteroatoms. The lowest BCUT2D eigenvalue weighted by atomic mass is 9.78. The Bertz CT molecular complexity index is 316. The van der Waals surface area contributed by atoms with Crippen molar-refractivity contribution in [2.45, 2.75) is 45.2 Å². The first kappa shape index (κ1) is 9.66. The third kappa shape index (κ3) is 2.13. The van der Waals surface area contributed by atoms with Gasteiger partial charge in [0.25, 0.3) is 0 Å². The highest BCUT2D eigenvalue weighted by Gasteiger charge is 2.30. The van der Waals surface area contributed by atoms with Crippen molar-refractivity contribution in [2.24, 2.45) is 0 Å². The molecule has 0 atom stereocenters. The second-order valence-corrected chi connectivity index (χ2v) is 4.64. The summed E-state index contributed by atoms with van der Waals surface area (Å²) in [5, 5.41) is 3.60. The maximum Gasteiger partial charge on any atom is 0.0313 e. The summed E-state index contributed by atoms with van der Waals surface area (Å²) in [6.45, 7) is 5.34. The van der Waals surface area contributed by atoms with E-state index in [9.17, 15) is 0 Å². The lowest BCUT2D eigenvalue weighted by molar-refractivity contribution is 0.207. The molecule has 0 spiro atoms. The monoisotopic (exact) mass is 190 g/mol. The van der Waals surface area contributed by atoms with Gasteiger partial charge in [-0.3, -0.25) is 4.98 Å². The number of aryl methyl sites for hydroxylation is 1. The number of pyridine rings is 1. The first-order valence-corrected chi connectivity index (χ1v) is 5.34. The van der Waals surface area contributed by atoms with E-state index < -0.39 is 0 Å². The van der Waals surface area contributed by atoms with Crippen LogP contribution in [0.3, 0.4) is 0 Å². The Morgan fingerprint density at radius 1 is 1.43 bits per heavy atom. The van der Waals surface area contributed by atoms with Crippen molar-refractivity contribution in [2.75, 3.05) is 0 Å². The second kappa shape index (κ2) is 3.70. The van der Waals surface area contributed by atoms with E-state index in [4.69, 9.17) is 0 Å². The number of aromatic nitrogens is 1. The fourth-order valence-electron chi connectivity index (χ4n) is 1.91. The molecule has 0 aliphatic heterocycles. The molecule has 1 aromatic rings. The van der Waals surface area contributed by atoms with Crippen molar-refractivity contribution in [3.05, 3.63) is 29.6 Å². The SMILES string of the molecule is Cc1cncc(CNC2(C)CCC2)c1. The van der Waals surface area contributed by atoms with Gasteiger partial charge in [-0.1, -0.05) is 6.07 Å². The Morgan fingerprint density at radius 2 is 2.21 bits per heavy atom. The van der Waals surface area contributed by atoms with Gasteiger partial charge in [0.2, 0.25) is 0 Å². The Hall–Kier alpha value is -0.890. The first-order chi connectivity index (χ1) is 6.68. The maximum atomic E-state index is 4.19. The van der Waals surface area contributed by atoms with E-state index in [1.54, 1.807) is 0 Å². The lowest BCUT2D eigenvalue weighted by Crippen LogP contribution is -2.47. The molecule has 0 amide bonds. The molecule has 0 unspecified atom stereocenters. The molecule has 1 aliphatic carbocycles. The molecule has 76 valence electrons. The Labute approximate surface area is 85.7 Å². The standard InChI is InChI=1S/C12H18N2/c1-10-6-11(8-13-7-10)9-14-12(2)4-3-5-12/h6-8,14H,3-5,9H2,1-2H3. The molecule has 2 nitrogen and oxygen atoms in total. The third-order valence-electron chi connectivity index (χ3n) is 3.11. The van der Waals surface area contributed by atoms with Gasteiger partial charge in [0.15, 0.2) is 0 Å². The van der Waals surface area contributed by atoms with Crippen LogP contribution in [0.15, 0.2) is 18.5 Å². The summed E-state index contributed by atoms with van der Waals surface area (Å²) >= 11 is 0. The largest absolute Gasteiger partial charge is 0.307 e. The van der Waals surface area contributed by atoms with Crippen LogP contribution >= 0.6 is 0 Å². The normalized spacial score (nSPS) is 19.0. The minimum atomic E-state index is 0.393. The zero-order chi connectivity index (χ0) is 10.0. The predicted octanol–water partition coefficient (Wildman–Crippen LogP) is 2.42. The van der Waals surface area contributed by atoms with E-state index >= 15 is 0 Å². The van der Waals surface area contributed by atoms with Gasteiger partial charge in [0.05, 0.1) is 0 Å². The number of hydrogen-bond acceptors (Lipinski definition) is 2. The number of hydrogen-bond donors (Lipinski definition) is 1. The van der Waals surface area contributed by atoms with E-state index in [2.05, 4.69) is 30.2 Å². The van der Waals surface area contributed by atoms with E-state index in [1.165, 1.54) is 30.4 Å². The average molecular weight is 190 g/mol. The molecule has 1 N–H and O–H groups in total. The van der Waals surface area contributed by atoms with Crippen molar-refractivity contribution < 1.29 is 0 Å². The van der Waals surface area contributed by atoms with Crippen molar-refractivity contribution in [3.63, 3.8) is 0 Å². The molecule has 0 bridgehead atoms. The molecule has 14 heavy (non-hydrogen) atoms. The summed E-state index contributed by atoms with van der Waals surface area (Å²) in [5.74, 6) is 0. The molecule has 1 saturated carbocycles. The summed E-state index contributed by atoms with van der Waals surface area (Å²) in [5.41, 5.74) is 2.92. The van der Waals surface area contributed by atoms with Gasteiger partial charge >= 0.3 is 0 Å². The van der Waals surface area contributed by atoms with Gasteiger partial charge in [-0.25, -0.2) is 0 Å². The van der Waals surface area contributed by atoms with Crippen LogP contribution in [0.4, 0.5) is 0 Å². The topological polar surface area (TPSA) is 24.9 Å². The Kier molecular flexibility index (Phi) is 2.55. The fourth-order valence-corrected chi connectivity index (χ4v) is 1.91. The van der Waals surface area contributed by atoms with E-state index in [1.807, 2.05) is 12.4 Å². The Morgan fingerprint density at radius 3 is 2.79 bits per heavy atom. The quantitative estimate of drug-likeness (QED) is 0.791. The zero-order valence-corrected chi connectivity index (χ0v) is 9.01.